The lowest BCUT2D eigenvalue weighted by atomic mass is 10.1. The second kappa shape index (κ2) is 8.57. The fourth-order valence-electron chi connectivity index (χ4n) is 2.71. The molecule has 0 N–H and O–H groups in total. The number of rotatable bonds is 5. The fraction of sp³-hybridized carbons (Fsp3) is 0.200. The standard InChI is InChI=1S/C20H15Cl2F3N2O3/c1-11-9-18(27(26-11)12(2)14-5-8-16(21)17(22)10-14)29-19(28)13-3-6-15(7-4-13)30-20(23,24)25/h3-10,12H,1-2H3. The van der Waals surface area contributed by atoms with Crippen LogP contribution in [0.1, 0.15) is 34.6 Å². The van der Waals surface area contributed by atoms with E-state index in [0.29, 0.717) is 15.7 Å². The van der Waals surface area contributed by atoms with E-state index >= 15 is 0 Å². The molecule has 30 heavy (non-hydrogen) atoms. The van der Waals surface area contributed by atoms with Crippen LogP contribution in [0.15, 0.2) is 48.5 Å². The highest BCUT2D eigenvalue weighted by Gasteiger charge is 2.31. The van der Waals surface area contributed by atoms with E-state index in [2.05, 4.69) is 9.84 Å². The Balaban J connectivity index is 1.80. The molecule has 0 fully saturated rings. The van der Waals surface area contributed by atoms with Gasteiger partial charge < -0.3 is 9.47 Å². The van der Waals surface area contributed by atoms with Gasteiger partial charge >= 0.3 is 12.3 Å². The van der Waals surface area contributed by atoms with Crippen LogP contribution in [0.2, 0.25) is 10.0 Å². The second-order valence-electron chi connectivity index (χ2n) is 6.38. The van der Waals surface area contributed by atoms with Crippen molar-refractivity contribution in [2.45, 2.75) is 26.3 Å². The Morgan fingerprint density at radius 2 is 1.73 bits per heavy atom. The predicted octanol–water partition coefficient (Wildman–Crippen LogP) is 6.23. The van der Waals surface area contributed by atoms with Gasteiger partial charge in [-0.15, -0.1) is 13.2 Å². The van der Waals surface area contributed by atoms with Crippen molar-refractivity contribution < 1.29 is 27.4 Å². The molecule has 2 aromatic carbocycles. The van der Waals surface area contributed by atoms with E-state index in [-0.39, 0.29) is 17.5 Å². The molecule has 0 saturated carbocycles. The van der Waals surface area contributed by atoms with Gasteiger partial charge in [0, 0.05) is 6.07 Å². The molecule has 0 aliphatic carbocycles. The summed E-state index contributed by atoms with van der Waals surface area (Å²) < 4.78 is 47.5. The molecule has 3 rings (SSSR count). The number of carbonyl (C=O) groups is 1. The zero-order valence-electron chi connectivity index (χ0n) is 15.7. The Labute approximate surface area is 179 Å². The highest BCUT2D eigenvalue weighted by Crippen LogP contribution is 2.30. The van der Waals surface area contributed by atoms with Gasteiger partial charge in [0.2, 0.25) is 5.88 Å². The number of alkyl halides is 3. The Kier molecular flexibility index (Phi) is 6.28. The van der Waals surface area contributed by atoms with Crippen molar-refractivity contribution in [3.05, 3.63) is 75.4 Å². The van der Waals surface area contributed by atoms with Crippen LogP contribution in [-0.2, 0) is 0 Å². The van der Waals surface area contributed by atoms with Crippen molar-refractivity contribution in [3.8, 4) is 11.6 Å². The Morgan fingerprint density at radius 1 is 1.07 bits per heavy atom. The summed E-state index contributed by atoms with van der Waals surface area (Å²) in [4.78, 5) is 12.5. The van der Waals surface area contributed by atoms with Crippen molar-refractivity contribution in [1.82, 2.24) is 9.78 Å². The van der Waals surface area contributed by atoms with Gasteiger partial charge in [-0.25, -0.2) is 9.48 Å². The number of ether oxygens (including phenoxy) is 2. The zero-order valence-corrected chi connectivity index (χ0v) is 17.2. The molecule has 1 aromatic heterocycles. The average molecular weight is 459 g/mol. The number of esters is 1. The Hall–Kier alpha value is -2.71. The van der Waals surface area contributed by atoms with E-state index in [1.807, 2.05) is 6.92 Å². The van der Waals surface area contributed by atoms with E-state index in [4.69, 9.17) is 27.9 Å². The molecule has 0 saturated heterocycles. The number of benzene rings is 2. The van der Waals surface area contributed by atoms with Crippen LogP contribution in [-0.4, -0.2) is 22.1 Å². The minimum absolute atomic E-state index is 0.0529. The Bertz CT molecular complexity index is 1070. The number of hydrogen-bond acceptors (Lipinski definition) is 4. The summed E-state index contributed by atoms with van der Waals surface area (Å²) in [5, 5.41) is 5.15. The predicted molar refractivity (Wildman–Crippen MR) is 105 cm³/mol. The molecular formula is C20H15Cl2F3N2O3. The van der Waals surface area contributed by atoms with Gasteiger partial charge in [0.1, 0.15) is 5.75 Å². The molecule has 3 aromatic rings. The largest absolute Gasteiger partial charge is 0.573 e. The number of aromatic nitrogens is 2. The molecule has 0 aliphatic heterocycles. The second-order valence-corrected chi connectivity index (χ2v) is 7.19. The normalized spacial score (nSPS) is 12.5. The van der Waals surface area contributed by atoms with E-state index in [0.717, 1.165) is 17.7 Å². The molecular weight excluding hydrogens is 444 g/mol. The average Bonchev–Trinajstić information content (AvgIpc) is 3.02. The first-order valence-corrected chi connectivity index (χ1v) is 9.38. The van der Waals surface area contributed by atoms with Crippen LogP contribution < -0.4 is 9.47 Å². The quantitative estimate of drug-likeness (QED) is 0.425. The van der Waals surface area contributed by atoms with Crippen molar-refractivity contribution in [2.75, 3.05) is 0 Å². The van der Waals surface area contributed by atoms with Crippen molar-refractivity contribution >= 4 is 29.2 Å². The summed E-state index contributed by atoms with van der Waals surface area (Å²) in [6.45, 7) is 3.57. The van der Waals surface area contributed by atoms with E-state index in [1.165, 1.54) is 16.8 Å². The molecule has 1 unspecified atom stereocenters. The maximum Gasteiger partial charge on any atom is 0.573 e. The van der Waals surface area contributed by atoms with Crippen LogP contribution in [0.3, 0.4) is 0 Å². The zero-order chi connectivity index (χ0) is 22.1. The van der Waals surface area contributed by atoms with Crippen molar-refractivity contribution in [2.24, 2.45) is 0 Å². The molecule has 0 bridgehead atoms. The lowest BCUT2D eigenvalue weighted by Crippen LogP contribution is -2.17. The number of carbonyl (C=O) groups excluding carboxylic acids is 1. The monoisotopic (exact) mass is 458 g/mol. The van der Waals surface area contributed by atoms with Crippen LogP contribution in [0.25, 0.3) is 0 Å². The lowest BCUT2D eigenvalue weighted by molar-refractivity contribution is -0.274. The molecule has 1 atom stereocenters. The number of aryl methyl sites for hydroxylation is 1. The first-order valence-electron chi connectivity index (χ1n) is 8.62. The molecule has 0 aliphatic rings. The highest BCUT2D eigenvalue weighted by atomic mass is 35.5. The van der Waals surface area contributed by atoms with Gasteiger partial charge in [-0.1, -0.05) is 29.3 Å². The third-order valence-electron chi connectivity index (χ3n) is 4.14. The molecule has 0 amide bonds. The van der Waals surface area contributed by atoms with Crippen molar-refractivity contribution in [3.63, 3.8) is 0 Å². The molecule has 1 heterocycles. The van der Waals surface area contributed by atoms with Gasteiger partial charge in [-0.05, 0) is 55.8 Å². The van der Waals surface area contributed by atoms with Gasteiger partial charge in [0.15, 0.2) is 0 Å². The Morgan fingerprint density at radius 3 is 2.33 bits per heavy atom. The summed E-state index contributed by atoms with van der Waals surface area (Å²) >= 11 is 12.0. The minimum Gasteiger partial charge on any atom is -0.406 e. The molecule has 158 valence electrons. The molecule has 10 heteroatoms. The minimum atomic E-state index is -4.81. The van der Waals surface area contributed by atoms with Crippen LogP contribution in [0.5, 0.6) is 11.6 Å². The molecule has 5 nitrogen and oxygen atoms in total. The maximum absolute atomic E-state index is 12.5. The van der Waals surface area contributed by atoms with Gasteiger partial charge in [0.05, 0.1) is 27.3 Å². The van der Waals surface area contributed by atoms with Crippen LogP contribution >= 0.6 is 23.2 Å². The summed E-state index contributed by atoms with van der Waals surface area (Å²) in [5.74, 6) is -1.02. The summed E-state index contributed by atoms with van der Waals surface area (Å²) in [5.41, 5.74) is 1.45. The SMILES string of the molecule is Cc1cc(OC(=O)c2ccc(OC(F)(F)F)cc2)n(C(C)c2ccc(Cl)c(Cl)c2)n1. The summed E-state index contributed by atoms with van der Waals surface area (Å²) in [7, 11) is 0. The number of hydrogen-bond donors (Lipinski definition) is 0. The number of halogens is 5. The summed E-state index contributed by atoms with van der Waals surface area (Å²) in [6, 6.07) is 10.8. The van der Waals surface area contributed by atoms with Crippen molar-refractivity contribution in [1.29, 1.82) is 0 Å². The van der Waals surface area contributed by atoms with E-state index in [9.17, 15) is 18.0 Å². The van der Waals surface area contributed by atoms with E-state index in [1.54, 1.807) is 31.2 Å². The van der Waals surface area contributed by atoms with E-state index < -0.39 is 18.1 Å². The highest BCUT2D eigenvalue weighted by molar-refractivity contribution is 6.42. The lowest BCUT2D eigenvalue weighted by Gasteiger charge is -2.16. The smallest absolute Gasteiger partial charge is 0.406 e. The first-order chi connectivity index (χ1) is 14.0. The van der Waals surface area contributed by atoms with Crippen LogP contribution in [0.4, 0.5) is 13.2 Å². The topological polar surface area (TPSA) is 53.4 Å². The van der Waals surface area contributed by atoms with Crippen LogP contribution in [0, 0.1) is 6.92 Å². The van der Waals surface area contributed by atoms with Gasteiger partial charge in [-0.3, -0.25) is 0 Å². The fourth-order valence-corrected chi connectivity index (χ4v) is 3.01. The molecule has 0 radical (unpaired) electrons. The van der Waals surface area contributed by atoms with Gasteiger partial charge in [0.25, 0.3) is 0 Å². The number of nitrogens with zero attached hydrogens (tertiary/aromatic N) is 2. The maximum atomic E-state index is 12.5. The third-order valence-corrected chi connectivity index (χ3v) is 4.88. The summed E-state index contributed by atoms with van der Waals surface area (Å²) in [6.07, 6.45) is -4.81. The first kappa shape index (κ1) is 22.0. The molecule has 0 spiro atoms. The third kappa shape index (κ3) is 5.25. The van der Waals surface area contributed by atoms with Gasteiger partial charge in [-0.2, -0.15) is 5.10 Å².